The van der Waals surface area contributed by atoms with Crippen LogP contribution in [0.1, 0.15) is 22.3 Å². The molecule has 12 heteroatoms. The molecular weight excluding hydrogens is 460 g/mol. The molecule has 12 nitrogen and oxygen atoms in total. The van der Waals surface area contributed by atoms with Gasteiger partial charge in [-0.1, -0.05) is 0 Å². The van der Waals surface area contributed by atoms with Gasteiger partial charge in [-0.05, 0) is 49.7 Å². The molecule has 0 aliphatic heterocycles. The van der Waals surface area contributed by atoms with Gasteiger partial charge in [-0.3, -0.25) is 19.3 Å². The lowest BCUT2D eigenvalue weighted by Crippen LogP contribution is -2.63. The van der Waals surface area contributed by atoms with Crippen LogP contribution in [0.25, 0.3) is 0 Å². The molecule has 0 aromatic heterocycles. The number of likely N-dealkylation sites (N-methyl/N-ethyl adjacent to an activating group) is 1. The van der Waals surface area contributed by atoms with Crippen LogP contribution in [0.15, 0.2) is 33.9 Å². The van der Waals surface area contributed by atoms with Crippen LogP contribution in [0.3, 0.4) is 0 Å². The fourth-order valence-corrected chi connectivity index (χ4v) is 5.75. The van der Waals surface area contributed by atoms with E-state index in [0.717, 1.165) is 0 Å². The molecule has 0 spiro atoms. The smallest absolute Gasteiger partial charge is 0.255 e. The summed E-state index contributed by atoms with van der Waals surface area (Å²) < 4.78 is 0. The van der Waals surface area contributed by atoms with Crippen LogP contribution in [0.5, 0.6) is 5.75 Å². The number of fused-ring (bicyclic) bond motifs is 3. The Bertz CT molecular complexity index is 1260. The molecule has 0 radical (unpaired) electrons. The van der Waals surface area contributed by atoms with Gasteiger partial charge in [0.25, 0.3) is 5.91 Å². The van der Waals surface area contributed by atoms with Crippen LogP contribution in [0, 0.1) is 16.7 Å². The van der Waals surface area contributed by atoms with E-state index in [1.165, 1.54) is 11.0 Å². The van der Waals surface area contributed by atoms with Crippen molar-refractivity contribution in [1.29, 1.82) is 0 Å². The number of carbonyl (C=O) groups excluding carboxylic acids is 3. The van der Waals surface area contributed by atoms with Crippen LogP contribution in [-0.2, 0) is 16.0 Å². The Hall–Kier alpha value is -3.77. The van der Waals surface area contributed by atoms with E-state index in [1.54, 1.807) is 33.1 Å². The van der Waals surface area contributed by atoms with Crippen molar-refractivity contribution in [3.63, 3.8) is 0 Å². The maximum Gasteiger partial charge on any atom is 0.255 e. The van der Waals surface area contributed by atoms with Crippen LogP contribution in [-0.4, -0.2) is 82.6 Å². The average molecular weight is 486 g/mol. The lowest BCUT2D eigenvalue weighted by molar-refractivity contribution is -0.148. The van der Waals surface area contributed by atoms with E-state index >= 15 is 0 Å². The number of anilines is 1. The highest BCUT2D eigenvalue weighted by Crippen LogP contribution is 2.54. The maximum atomic E-state index is 13.6. The predicted molar refractivity (Wildman–Crippen MR) is 123 cm³/mol. The Labute approximate surface area is 199 Å². The molecule has 3 aliphatic rings. The minimum Gasteiger partial charge on any atom is -0.510 e. The molecule has 6 N–H and O–H groups in total. The first kappa shape index (κ1) is 24.4. The number of hydrogen-bond donors (Lipinski definition) is 5. The highest BCUT2D eigenvalue weighted by Gasteiger charge is 2.63. The third-order valence-electron chi connectivity index (χ3n) is 7.26. The average Bonchev–Trinajstić information content (AvgIpc) is 2.75. The van der Waals surface area contributed by atoms with E-state index in [2.05, 4.69) is 5.18 Å². The number of phenolic OH excluding ortho intramolecular Hbond substituents is 1. The fraction of sp³-hybridized carbons (Fsp3) is 0.435. The number of ketones is 2. The minimum absolute atomic E-state index is 0.0208. The number of rotatable bonds is 4. The summed E-state index contributed by atoms with van der Waals surface area (Å²) >= 11 is 0. The van der Waals surface area contributed by atoms with Gasteiger partial charge in [0.15, 0.2) is 22.8 Å². The van der Waals surface area contributed by atoms with E-state index in [0.29, 0.717) is 11.3 Å². The molecule has 4 atom stereocenters. The molecule has 0 heterocycles. The van der Waals surface area contributed by atoms with Crippen LogP contribution < -0.4 is 10.6 Å². The van der Waals surface area contributed by atoms with Gasteiger partial charge in [0.1, 0.15) is 17.1 Å². The zero-order chi connectivity index (χ0) is 26.1. The number of aliphatic hydroxyl groups excluding tert-OH is 2. The molecule has 3 aliphatic carbocycles. The number of nitrogens with zero attached hydrogens (tertiary/aromatic N) is 3. The molecular formula is C23H26N4O8. The number of carbonyl (C=O) groups is 3. The quantitative estimate of drug-likeness (QED) is 0.297. The lowest BCUT2D eigenvalue weighted by Gasteiger charge is -2.50. The second kappa shape index (κ2) is 7.89. The van der Waals surface area contributed by atoms with Gasteiger partial charge in [-0.15, -0.1) is 4.91 Å². The molecule has 4 rings (SSSR count). The normalized spacial score (nSPS) is 28.0. The summed E-state index contributed by atoms with van der Waals surface area (Å²) in [6, 6.07) is 0.284. The highest BCUT2D eigenvalue weighted by molar-refractivity contribution is 6.25. The molecule has 0 unspecified atom stereocenters. The SMILES string of the molecule is CN(C)c1cc(N=O)c(O)c2c1C[C@H]1C[C@H]3[C@H](N(C)C)C(O)=C(C(N)=O)C(=O)[C@@]3(O)C(O)=C1C2=O. The zero-order valence-corrected chi connectivity index (χ0v) is 19.6. The number of primary amides is 1. The number of nitrogens with two attached hydrogens (primary N) is 1. The van der Waals surface area contributed by atoms with Crippen molar-refractivity contribution in [1.82, 2.24) is 4.90 Å². The highest BCUT2D eigenvalue weighted by atomic mass is 16.3. The van der Waals surface area contributed by atoms with Crippen molar-refractivity contribution < 1.29 is 34.8 Å². The van der Waals surface area contributed by atoms with Gasteiger partial charge in [-0.2, -0.15) is 0 Å². The second-order valence-electron chi connectivity index (χ2n) is 9.57. The largest absolute Gasteiger partial charge is 0.510 e. The summed E-state index contributed by atoms with van der Waals surface area (Å²) in [7, 11) is 6.49. The van der Waals surface area contributed by atoms with Gasteiger partial charge in [0, 0.05) is 31.3 Å². The Kier molecular flexibility index (Phi) is 5.49. The number of Topliss-reactive ketones (excluding diaryl/α,β-unsaturated/α-hetero) is 2. The van der Waals surface area contributed by atoms with Crippen molar-refractivity contribution in [2.45, 2.75) is 24.5 Å². The summed E-state index contributed by atoms with van der Waals surface area (Å²) in [5.41, 5.74) is 1.66. The number of nitroso groups, excluding NO2 is 1. The molecule has 0 saturated carbocycles. The second-order valence-corrected chi connectivity index (χ2v) is 9.57. The van der Waals surface area contributed by atoms with Gasteiger partial charge in [0.2, 0.25) is 5.78 Å². The zero-order valence-electron chi connectivity index (χ0n) is 19.6. The summed E-state index contributed by atoms with van der Waals surface area (Å²) in [6.45, 7) is 0. The van der Waals surface area contributed by atoms with Crippen molar-refractivity contribution in [2.24, 2.45) is 22.7 Å². The van der Waals surface area contributed by atoms with Crippen molar-refractivity contribution in [3.8, 4) is 5.75 Å². The Morgan fingerprint density at radius 2 is 1.80 bits per heavy atom. The van der Waals surface area contributed by atoms with E-state index < -0.39 is 63.8 Å². The van der Waals surface area contributed by atoms with Gasteiger partial charge in [-0.25, -0.2) is 0 Å². The molecule has 35 heavy (non-hydrogen) atoms. The van der Waals surface area contributed by atoms with Crippen molar-refractivity contribution >= 4 is 28.8 Å². The monoisotopic (exact) mass is 486 g/mol. The van der Waals surface area contributed by atoms with Gasteiger partial charge >= 0.3 is 0 Å². The van der Waals surface area contributed by atoms with E-state index in [9.17, 15) is 39.7 Å². The number of aromatic hydroxyl groups is 1. The van der Waals surface area contributed by atoms with Crippen LogP contribution >= 0.6 is 0 Å². The van der Waals surface area contributed by atoms with Gasteiger partial charge < -0.3 is 31.1 Å². The number of hydrogen-bond acceptors (Lipinski definition) is 11. The summed E-state index contributed by atoms with van der Waals surface area (Å²) in [6.07, 6.45) is 0.0990. The molecule has 1 aromatic carbocycles. The lowest BCUT2D eigenvalue weighted by atomic mass is 9.58. The third-order valence-corrected chi connectivity index (χ3v) is 7.26. The standard InChI is InChI=1S/C23H26N4O8/c1-26(2)12-7-11(25-35)17(28)14-9(12)5-8-6-10-16(27(3)4)19(30)15(22(24)33)21(32)23(10,34)20(31)13(8)18(14)29/h7-8,10,16,28,30-31,34H,5-6H2,1-4H3,(H2,24,33)/t8-,10-,16-,23-/m0/s1. The topological polar surface area (TPSA) is 194 Å². The molecule has 1 amide bonds. The number of aliphatic hydroxyl groups is 3. The predicted octanol–water partition coefficient (Wildman–Crippen LogP) is 0.584. The molecule has 0 bridgehead atoms. The molecule has 0 fully saturated rings. The maximum absolute atomic E-state index is 13.6. The van der Waals surface area contributed by atoms with Crippen LogP contribution in [0.2, 0.25) is 0 Å². The third kappa shape index (κ3) is 3.09. The Morgan fingerprint density at radius 3 is 2.31 bits per heavy atom. The number of benzene rings is 1. The number of phenols is 1. The molecule has 0 saturated heterocycles. The van der Waals surface area contributed by atoms with Crippen molar-refractivity contribution in [2.75, 3.05) is 33.1 Å². The minimum atomic E-state index is -2.72. The summed E-state index contributed by atoms with van der Waals surface area (Å²) in [4.78, 5) is 53.3. The summed E-state index contributed by atoms with van der Waals surface area (Å²) in [5, 5.41) is 47.0. The molecule has 186 valence electrons. The van der Waals surface area contributed by atoms with Crippen LogP contribution in [0.4, 0.5) is 11.4 Å². The number of allylic oxidation sites excluding steroid dienone is 1. The van der Waals surface area contributed by atoms with E-state index in [1.807, 2.05) is 0 Å². The first-order valence-electron chi connectivity index (χ1n) is 10.8. The van der Waals surface area contributed by atoms with Gasteiger partial charge in [0.05, 0.1) is 11.6 Å². The van der Waals surface area contributed by atoms with E-state index in [-0.39, 0.29) is 29.7 Å². The number of amides is 1. The van der Waals surface area contributed by atoms with Crippen molar-refractivity contribution in [3.05, 3.63) is 44.8 Å². The Balaban J connectivity index is 2.01. The first-order valence-corrected chi connectivity index (χ1v) is 10.8. The Morgan fingerprint density at radius 1 is 1.17 bits per heavy atom. The fourth-order valence-electron chi connectivity index (χ4n) is 5.75. The summed E-state index contributed by atoms with van der Waals surface area (Å²) in [5.74, 6) is -7.55. The first-order chi connectivity index (χ1) is 16.3. The van der Waals surface area contributed by atoms with E-state index in [4.69, 9.17) is 5.73 Å². The molecule has 1 aromatic rings.